The van der Waals surface area contributed by atoms with Crippen molar-refractivity contribution < 1.29 is 0 Å². The van der Waals surface area contributed by atoms with Crippen molar-refractivity contribution in [3.8, 4) is 0 Å². The molecule has 0 unspecified atom stereocenters. The quantitative estimate of drug-likeness (QED) is 0.619. The van der Waals surface area contributed by atoms with Gasteiger partial charge in [0.05, 0.1) is 6.54 Å². The van der Waals surface area contributed by atoms with Crippen LogP contribution in [0.3, 0.4) is 0 Å². The minimum absolute atomic E-state index is 0.512. The molecule has 128 valence electrons. The van der Waals surface area contributed by atoms with Gasteiger partial charge in [-0.15, -0.1) is 10.2 Å². The first-order valence-corrected chi connectivity index (χ1v) is 8.90. The van der Waals surface area contributed by atoms with E-state index in [1.54, 1.807) is 0 Å². The molecular formula is C16H29N7. The van der Waals surface area contributed by atoms with Crippen molar-refractivity contribution in [2.75, 3.05) is 26.7 Å². The van der Waals surface area contributed by atoms with Gasteiger partial charge >= 0.3 is 0 Å². The summed E-state index contributed by atoms with van der Waals surface area (Å²) in [4.78, 5) is 6.90. The molecule has 2 aliphatic rings. The summed E-state index contributed by atoms with van der Waals surface area (Å²) in [6.07, 6.45) is 5.84. The number of likely N-dealkylation sites (tertiary alicyclic amines) is 1. The van der Waals surface area contributed by atoms with E-state index in [9.17, 15) is 0 Å². The molecule has 0 bridgehead atoms. The number of aromatic nitrogens is 3. The summed E-state index contributed by atoms with van der Waals surface area (Å²) in [7, 11) is 1.83. The molecule has 2 aliphatic heterocycles. The number of aliphatic imine (C=N–C) groups is 1. The lowest BCUT2D eigenvalue weighted by Gasteiger charge is -2.32. The van der Waals surface area contributed by atoms with Gasteiger partial charge in [0.2, 0.25) is 0 Å². The number of rotatable bonds is 5. The molecule has 23 heavy (non-hydrogen) atoms. The van der Waals surface area contributed by atoms with Crippen LogP contribution in [0.5, 0.6) is 0 Å². The number of hydrogen-bond donors (Lipinski definition) is 2. The van der Waals surface area contributed by atoms with E-state index in [0.717, 1.165) is 30.6 Å². The molecule has 7 heteroatoms. The molecule has 1 aromatic heterocycles. The monoisotopic (exact) mass is 319 g/mol. The molecule has 0 aliphatic carbocycles. The maximum absolute atomic E-state index is 4.35. The van der Waals surface area contributed by atoms with Crippen molar-refractivity contribution in [1.82, 2.24) is 30.3 Å². The van der Waals surface area contributed by atoms with Crippen LogP contribution in [0.25, 0.3) is 0 Å². The van der Waals surface area contributed by atoms with Gasteiger partial charge in [-0.1, -0.05) is 6.92 Å². The Bertz CT molecular complexity index is 529. The van der Waals surface area contributed by atoms with Crippen LogP contribution in [-0.2, 0) is 19.5 Å². The molecule has 0 atom stereocenters. The Morgan fingerprint density at radius 2 is 2.09 bits per heavy atom. The van der Waals surface area contributed by atoms with Crippen LogP contribution in [-0.4, -0.2) is 58.3 Å². The second kappa shape index (κ2) is 7.77. The summed E-state index contributed by atoms with van der Waals surface area (Å²) in [6, 6.07) is 0.512. The third-order valence-corrected chi connectivity index (χ3v) is 4.79. The van der Waals surface area contributed by atoms with Crippen LogP contribution in [0.15, 0.2) is 4.99 Å². The van der Waals surface area contributed by atoms with E-state index in [1.807, 2.05) is 7.05 Å². The maximum Gasteiger partial charge on any atom is 0.191 e. The van der Waals surface area contributed by atoms with Crippen molar-refractivity contribution in [2.45, 2.75) is 58.2 Å². The molecule has 3 rings (SSSR count). The predicted octanol–water partition coefficient (Wildman–Crippen LogP) is 0.764. The largest absolute Gasteiger partial charge is 0.354 e. The van der Waals surface area contributed by atoms with E-state index in [1.165, 1.54) is 45.3 Å². The molecule has 0 saturated carbocycles. The second-order valence-electron chi connectivity index (χ2n) is 6.47. The summed E-state index contributed by atoms with van der Waals surface area (Å²) >= 11 is 0. The van der Waals surface area contributed by atoms with E-state index < -0.39 is 0 Å². The zero-order valence-corrected chi connectivity index (χ0v) is 14.4. The molecular weight excluding hydrogens is 290 g/mol. The Labute approximate surface area is 138 Å². The number of piperidine rings is 1. The average molecular weight is 319 g/mol. The first-order valence-electron chi connectivity index (χ1n) is 8.90. The van der Waals surface area contributed by atoms with Gasteiger partial charge in [-0.25, -0.2) is 0 Å². The lowest BCUT2D eigenvalue weighted by molar-refractivity contribution is 0.206. The first kappa shape index (κ1) is 16.2. The van der Waals surface area contributed by atoms with Crippen molar-refractivity contribution in [1.29, 1.82) is 0 Å². The highest BCUT2D eigenvalue weighted by Crippen LogP contribution is 2.14. The summed E-state index contributed by atoms with van der Waals surface area (Å²) < 4.78 is 2.23. The van der Waals surface area contributed by atoms with Crippen LogP contribution in [0.1, 0.15) is 44.3 Å². The highest BCUT2D eigenvalue weighted by atomic mass is 15.3. The van der Waals surface area contributed by atoms with E-state index in [-0.39, 0.29) is 0 Å². The molecule has 0 radical (unpaired) electrons. The van der Waals surface area contributed by atoms with Gasteiger partial charge in [-0.05, 0) is 32.2 Å². The average Bonchev–Trinajstić information content (AvgIpc) is 3.17. The van der Waals surface area contributed by atoms with E-state index in [0.29, 0.717) is 12.6 Å². The molecule has 0 aromatic carbocycles. The van der Waals surface area contributed by atoms with Gasteiger partial charge in [0.25, 0.3) is 0 Å². The first-order chi connectivity index (χ1) is 11.3. The van der Waals surface area contributed by atoms with E-state index in [2.05, 4.69) is 42.2 Å². The van der Waals surface area contributed by atoms with Crippen LogP contribution in [0, 0.1) is 0 Å². The lowest BCUT2D eigenvalue weighted by atomic mass is 10.1. The van der Waals surface area contributed by atoms with Gasteiger partial charge < -0.3 is 20.1 Å². The minimum atomic E-state index is 0.512. The molecule has 1 fully saturated rings. The fourth-order valence-electron chi connectivity index (χ4n) is 3.51. The van der Waals surface area contributed by atoms with Crippen molar-refractivity contribution in [3.63, 3.8) is 0 Å². The Morgan fingerprint density at radius 1 is 1.26 bits per heavy atom. The third kappa shape index (κ3) is 4.02. The smallest absolute Gasteiger partial charge is 0.191 e. The van der Waals surface area contributed by atoms with Gasteiger partial charge in [-0.2, -0.15) is 0 Å². The minimum Gasteiger partial charge on any atom is -0.354 e. The van der Waals surface area contributed by atoms with Crippen molar-refractivity contribution in [3.05, 3.63) is 11.6 Å². The van der Waals surface area contributed by atoms with Gasteiger partial charge in [0.15, 0.2) is 11.8 Å². The summed E-state index contributed by atoms with van der Waals surface area (Å²) in [5.41, 5.74) is 0. The topological polar surface area (TPSA) is 70.4 Å². The Kier molecular flexibility index (Phi) is 5.48. The highest BCUT2D eigenvalue weighted by Gasteiger charge is 2.20. The summed E-state index contributed by atoms with van der Waals surface area (Å²) in [6.45, 7) is 7.55. The standard InChI is InChI=1S/C16H29N7/c1-3-8-22-10-6-13(7-11-22)19-16(17-2)18-12-15-21-20-14-5-4-9-23(14)15/h13H,3-12H2,1-2H3,(H2,17,18,19). The number of fused-ring (bicyclic) bond motifs is 1. The molecule has 2 N–H and O–H groups in total. The zero-order chi connectivity index (χ0) is 16.1. The number of aryl methyl sites for hydroxylation is 1. The number of nitrogens with zero attached hydrogens (tertiary/aromatic N) is 5. The molecule has 0 spiro atoms. The number of nitrogens with one attached hydrogen (secondary N) is 2. The molecule has 0 amide bonds. The van der Waals surface area contributed by atoms with Crippen LogP contribution in [0.2, 0.25) is 0 Å². The normalized spacial score (nSPS) is 19.8. The number of guanidine groups is 1. The lowest BCUT2D eigenvalue weighted by Crippen LogP contribution is -2.48. The summed E-state index contributed by atoms with van der Waals surface area (Å²) in [5, 5.41) is 15.5. The van der Waals surface area contributed by atoms with E-state index >= 15 is 0 Å². The van der Waals surface area contributed by atoms with Crippen molar-refractivity contribution >= 4 is 5.96 Å². The zero-order valence-electron chi connectivity index (χ0n) is 14.4. The Morgan fingerprint density at radius 3 is 2.83 bits per heavy atom. The third-order valence-electron chi connectivity index (χ3n) is 4.79. The fourth-order valence-corrected chi connectivity index (χ4v) is 3.51. The Hall–Kier alpha value is -1.63. The number of hydrogen-bond acceptors (Lipinski definition) is 4. The van der Waals surface area contributed by atoms with E-state index in [4.69, 9.17) is 0 Å². The van der Waals surface area contributed by atoms with Gasteiger partial charge in [-0.3, -0.25) is 4.99 Å². The molecule has 1 aromatic rings. The predicted molar refractivity (Wildman–Crippen MR) is 91.4 cm³/mol. The van der Waals surface area contributed by atoms with Crippen LogP contribution in [0.4, 0.5) is 0 Å². The van der Waals surface area contributed by atoms with Crippen LogP contribution >= 0.6 is 0 Å². The fraction of sp³-hybridized carbons (Fsp3) is 0.812. The SMILES string of the molecule is CCCN1CCC(NC(=NC)NCc2nnc3n2CCC3)CC1. The van der Waals surface area contributed by atoms with Crippen molar-refractivity contribution in [2.24, 2.45) is 4.99 Å². The van der Waals surface area contributed by atoms with Crippen LogP contribution < -0.4 is 10.6 Å². The van der Waals surface area contributed by atoms with Gasteiger partial charge in [0, 0.05) is 39.1 Å². The maximum atomic E-state index is 4.35. The Balaban J connectivity index is 1.45. The van der Waals surface area contributed by atoms with Gasteiger partial charge in [0.1, 0.15) is 5.82 Å². The highest BCUT2D eigenvalue weighted by molar-refractivity contribution is 5.79. The molecule has 1 saturated heterocycles. The second-order valence-corrected chi connectivity index (χ2v) is 6.47. The molecule has 3 heterocycles. The molecule has 7 nitrogen and oxygen atoms in total. The summed E-state index contributed by atoms with van der Waals surface area (Å²) in [5.74, 6) is 3.00.